The van der Waals surface area contributed by atoms with Gasteiger partial charge in [0.1, 0.15) is 0 Å². The molecule has 0 spiro atoms. The number of piperidine rings is 1. The summed E-state index contributed by atoms with van der Waals surface area (Å²) in [7, 11) is 0. The minimum Gasteiger partial charge on any atom is -0.348 e. The number of nitrogens with one attached hydrogen (secondary N) is 2. The van der Waals surface area contributed by atoms with Gasteiger partial charge in [-0.25, -0.2) is 0 Å². The van der Waals surface area contributed by atoms with E-state index in [4.69, 9.17) is 0 Å². The van der Waals surface area contributed by atoms with E-state index in [2.05, 4.69) is 49.6 Å². The summed E-state index contributed by atoms with van der Waals surface area (Å²) < 4.78 is 0. The van der Waals surface area contributed by atoms with Gasteiger partial charge in [-0.1, -0.05) is 24.6 Å². The van der Waals surface area contributed by atoms with Crippen molar-refractivity contribution in [2.45, 2.75) is 52.1 Å². The topological polar surface area (TPSA) is 41.1 Å². The Hall–Kier alpha value is -1.06. The van der Waals surface area contributed by atoms with Crippen molar-refractivity contribution in [1.82, 2.24) is 10.6 Å². The van der Waals surface area contributed by atoms with Gasteiger partial charge in [-0.2, -0.15) is 0 Å². The van der Waals surface area contributed by atoms with Crippen LogP contribution in [0.15, 0.2) is 18.2 Å². The summed E-state index contributed by atoms with van der Waals surface area (Å²) in [6, 6.07) is 6.31. The average Bonchev–Trinajstić information content (AvgIpc) is 2.42. The van der Waals surface area contributed by atoms with Gasteiger partial charge in [0.15, 0.2) is 0 Å². The third-order valence-corrected chi connectivity index (χ3v) is 4.10. The Morgan fingerprint density at radius 3 is 2.75 bits per heavy atom. The second-order valence-electron chi connectivity index (χ2n) is 5.52. The van der Waals surface area contributed by atoms with Crippen molar-refractivity contribution < 1.29 is 4.79 Å². The maximum atomic E-state index is 12.2. The molecule has 0 aromatic heterocycles. The standard InChI is InChI=1S/C16H24N2O.ClH/c1-11-7-6-8-14(12(11)2)13(3)18-16(19)15-9-4-5-10-17-15;/h6-8,13,15,17H,4-5,9-10H2,1-3H3,(H,18,19);1H. The first-order chi connectivity index (χ1) is 9.09. The Morgan fingerprint density at radius 1 is 1.35 bits per heavy atom. The van der Waals surface area contributed by atoms with E-state index in [0.717, 1.165) is 19.4 Å². The predicted molar refractivity (Wildman–Crippen MR) is 85.4 cm³/mol. The van der Waals surface area contributed by atoms with Crippen LogP contribution in [0.25, 0.3) is 0 Å². The largest absolute Gasteiger partial charge is 0.348 e. The second-order valence-corrected chi connectivity index (χ2v) is 5.52. The van der Waals surface area contributed by atoms with Crippen molar-refractivity contribution in [3.8, 4) is 0 Å². The number of carbonyl (C=O) groups excluding carboxylic acids is 1. The number of rotatable bonds is 3. The molecule has 1 heterocycles. The highest BCUT2D eigenvalue weighted by atomic mass is 35.5. The Bertz CT molecular complexity index is 456. The van der Waals surface area contributed by atoms with Crippen LogP contribution in [0, 0.1) is 13.8 Å². The molecule has 112 valence electrons. The first kappa shape index (κ1) is 17.0. The molecule has 1 amide bonds. The summed E-state index contributed by atoms with van der Waals surface area (Å²) in [6.45, 7) is 7.24. The fraction of sp³-hybridized carbons (Fsp3) is 0.562. The Kier molecular flexibility index (Phi) is 6.50. The predicted octanol–water partition coefficient (Wildman–Crippen LogP) is 3.04. The van der Waals surface area contributed by atoms with Crippen molar-refractivity contribution in [2.24, 2.45) is 0 Å². The smallest absolute Gasteiger partial charge is 0.237 e. The number of benzene rings is 1. The Labute approximate surface area is 127 Å². The number of hydrogen-bond acceptors (Lipinski definition) is 2. The first-order valence-corrected chi connectivity index (χ1v) is 7.19. The molecule has 4 heteroatoms. The molecule has 1 aliphatic heterocycles. The van der Waals surface area contributed by atoms with E-state index < -0.39 is 0 Å². The number of carbonyl (C=O) groups is 1. The van der Waals surface area contributed by atoms with Gasteiger partial charge < -0.3 is 10.6 Å². The highest BCUT2D eigenvalue weighted by Gasteiger charge is 2.22. The lowest BCUT2D eigenvalue weighted by Gasteiger charge is -2.25. The number of halogens is 1. The number of aryl methyl sites for hydroxylation is 1. The fourth-order valence-electron chi connectivity index (χ4n) is 2.71. The highest BCUT2D eigenvalue weighted by molar-refractivity contribution is 5.85. The van der Waals surface area contributed by atoms with Crippen LogP contribution in [0.5, 0.6) is 0 Å². The number of hydrogen-bond donors (Lipinski definition) is 2. The van der Waals surface area contributed by atoms with Gasteiger partial charge in [0, 0.05) is 0 Å². The summed E-state index contributed by atoms with van der Waals surface area (Å²) in [5, 5.41) is 6.42. The lowest BCUT2D eigenvalue weighted by atomic mass is 9.97. The molecule has 20 heavy (non-hydrogen) atoms. The fourth-order valence-corrected chi connectivity index (χ4v) is 2.71. The molecular weight excluding hydrogens is 272 g/mol. The molecule has 1 aromatic rings. The maximum Gasteiger partial charge on any atom is 0.237 e. The zero-order valence-corrected chi connectivity index (χ0v) is 13.3. The SMILES string of the molecule is Cc1cccc(C(C)NC(=O)C2CCCCN2)c1C.Cl. The van der Waals surface area contributed by atoms with Crippen LogP contribution in [-0.4, -0.2) is 18.5 Å². The summed E-state index contributed by atoms with van der Waals surface area (Å²) in [5.74, 6) is 0.133. The lowest BCUT2D eigenvalue weighted by Crippen LogP contribution is -2.47. The van der Waals surface area contributed by atoms with E-state index in [1.54, 1.807) is 0 Å². The van der Waals surface area contributed by atoms with Crippen molar-refractivity contribution in [3.63, 3.8) is 0 Å². The molecule has 1 saturated heterocycles. The molecule has 3 nitrogen and oxygen atoms in total. The minimum absolute atomic E-state index is 0. The molecule has 2 unspecified atom stereocenters. The van der Waals surface area contributed by atoms with E-state index in [-0.39, 0.29) is 30.4 Å². The maximum absolute atomic E-state index is 12.2. The van der Waals surface area contributed by atoms with Crippen molar-refractivity contribution in [3.05, 3.63) is 34.9 Å². The van der Waals surface area contributed by atoms with Crippen molar-refractivity contribution >= 4 is 18.3 Å². The lowest BCUT2D eigenvalue weighted by molar-refractivity contribution is -0.124. The number of amides is 1. The first-order valence-electron chi connectivity index (χ1n) is 7.19. The third-order valence-electron chi connectivity index (χ3n) is 4.10. The Morgan fingerprint density at radius 2 is 2.10 bits per heavy atom. The van der Waals surface area contributed by atoms with Crippen LogP contribution in [0.3, 0.4) is 0 Å². The average molecular weight is 297 g/mol. The van der Waals surface area contributed by atoms with E-state index in [1.807, 2.05) is 0 Å². The molecule has 0 saturated carbocycles. The highest BCUT2D eigenvalue weighted by Crippen LogP contribution is 2.20. The van der Waals surface area contributed by atoms with Gasteiger partial charge >= 0.3 is 0 Å². The summed E-state index contributed by atoms with van der Waals surface area (Å²) in [6.07, 6.45) is 3.27. The van der Waals surface area contributed by atoms with Gasteiger partial charge in [-0.05, 0) is 56.8 Å². The van der Waals surface area contributed by atoms with Gasteiger partial charge in [0.25, 0.3) is 0 Å². The zero-order valence-electron chi connectivity index (χ0n) is 12.5. The van der Waals surface area contributed by atoms with Crippen molar-refractivity contribution in [1.29, 1.82) is 0 Å². The Balaban J connectivity index is 0.00000200. The van der Waals surface area contributed by atoms with Crippen LogP contribution in [0.1, 0.15) is 48.9 Å². The second kappa shape index (κ2) is 7.65. The molecule has 0 bridgehead atoms. The molecule has 1 aliphatic rings. The monoisotopic (exact) mass is 296 g/mol. The van der Waals surface area contributed by atoms with E-state index in [0.29, 0.717) is 0 Å². The van der Waals surface area contributed by atoms with Crippen LogP contribution >= 0.6 is 12.4 Å². The molecule has 2 rings (SSSR count). The molecular formula is C16H25ClN2O. The molecule has 2 N–H and O–H groups in total. The third kappa shape index (κ3) is 3.97. The van der Waals surface area contributed by atoms with E-state index in [1.165, 1.54) is 23.1 Å². The van der Waals surface area contributed by atoms with Crippen LogP contribution < -0.4 is 10.6 Å². The summed E-state index contributed by atoms with van der Waals surface area (Å²) in [5.41, 5.74) is 3.76. The van der Waals surface area contributed by atoms with Crippen LogP contribution in [-0.2, 0) is 4.79 Å². The normalized spacial score (nSPS) is 19.9. The van der Waals surface area contributed by atoms with E-state index in [9.17, 15) is 4.79 Å². The van der Waals surface area contributed by atoms with Gasteiger partial charge in [-0.3, -0.25) is 4.79 Å². The van der Waals surface area contributed by atoms with Crippen LogP contribution in [0.2, 0.25) is 0 Å². The van der Waals surface area contributed by atoms with Gasteiger partial charge in [0.05, 0.1) is 12.1 Å². The molecule has 0 radical (unpaired) electrons. The molecule has 0 aliphatic carbocycles. The molecule has 1 aromatic carbocycles. The van der Waals surface area contributed by atoms with Crippen LogP contribution in [0.4, 0.5) is 0 Å². The molecule has 1 fully saturated rings. The summed E-state index contributed by atoms with van der Waals surface area (Å²) >= 11 is 0. The minimum atomic E-state index is -0.0127. The quantitative estimate of drug-likeness (QED) is 0.900. The van der Waals surface area contributed by atoms with Crippen molar-refractivity contribution in [2.75, 3.05) is 6.54 Å². The van der Waals surface area contributed by atoms with Gasteiger partial charge in [-0.15, -0.1) is 12.4 Å². The summed E-state index contributed by atoms with van der Waals surface area (Å²) in [4.78, 5) is 12.2. The zero-order chi connectivity index (χ0) is 13.8. The van der Waals surface area contributed by atoms with E-state index >= 15 is 0 Å². The van der Waals surface area contributed by atoms with Gasteiger partial charge in [0.2, 0.25) is 5.91 Å². The molecule has 2 atom stereocenters.